The lowest BCUT2D eigenvalue weighted by atomic mass is 10.1. The largest absolute Gasteiger partial charge is 0.298 e. The molecule has 0 aliphatic heterocycles. The monoisotopic (exact) mass is 366 g/mol. The molecule has 0 unspecified atom stereocenters. The third kappa shape index (κ3) is 3.78. The molecule has 0 aliphatic carbocycles. The highest BCUT2D eigenvalue weighted by molar-refractivity contribution is 7.91. The van der Waals surface area contributed by atoms with Gasteiger partial charge in [0, 0.05) is 5.56 Å². The molecule has 0 spiro atoms. The van der Waals surface area contributed by atoms with Gasteiger partial charge in [-0.25, -0.2) is 12.8 Å². The van der Waals surface area contributed by atoms with Crippen molar-refractivity contribution in [2.45, 2.75) is 9.79 Å². The predicted molar refractivity (Wildman–Crippen MR) is 99.1 cm³/mol. The van der Waals surface area contributed by atoms with E-state index in [1.807, 2.05) is 12.2 Å². The number of hydrogen-bond donors (Lipinski definition) is 0. The van der Waals surface area contributed by atoms with E-state index in [1.54, 1.807) is 36.4 Å². The van der Waals surface area contributed by atoms with Crippen LogP contribution in [0.2, 0.25) is 0 Å². The number of aldehydes is 1. The van der Waals surface area contributed by atoms with Crippen LogP contribution in [0.3, 0.4) is 0 Å². The Hall–Kier alpha value is -3.05. The van der Waals surface area contributed by atoms with Crippen molar-refractivity contribution in [2.75, 3.05) is 0 Å². The van der Waals surface area contributed by atoms with Crippen molar-refractivity contribution < 1.29 is 17.6 Å². The smallest absolute Gasteiger partial charge is 0.207 e. The Kier molecular flexibility index (Phi) is 5.09. The standard InChI is InChI=1S/C21H15FO3S/c22-19-11-7-16(8-12-19)5-6-17-9-13-20(14-10-17)26(24,25)21-4-2-1-3-18(21)15-23/h1-15H. The highest BCUT2D eigenvalue weighted by atomic mass is 32.2. The fraction of sp³-hybridized carbons (Fsp3) is 0. The van der Waals surface area contributed by atoms with E-state index in [-0.39, 0.29) is 21.2 Å². The first kappa shape index (κ1) is 17.8. The second-order valence-electron chi connectivity index (χ2n) is 5.61. The van der Waals surface area contributed by atoms with Gasteiger partial charge < -0.3 is 0 Å². The summed E-state index contributed by atoms with van der Waals surface area (Å²) in [6, 6.07) is 18.5. The number of carbonyl (C=O) groups is 1. The SMILES string of the molecule is O=Cc1ccccc1S(=O)(=O)c1ccc(C=Cc2ccc(F)cc2)cc1. The van der Waals surface area contributed by atoms with Gasteiger partial charge in [0.05, 0.1) is 9.79 Å². The van der Waals surface area contributed by atoms with E-state index >= 15 is 0 Å². The molecule has 26 heavy (non-hydrogen) atoms. The second kappa shape index (κ2) is 7.45. The van der Waals surface area contributed by atoms with Gasteiger partial charge in [0.25, 0.3) is 0 Å². The third-order valence-corrected chi connectivity index (χ3v) is 5.71. The molecule has 0 fully saturated rings. The van der Waals surface area contributed by atoms with Crippen molar-refractivity contribution in [1.82, 2.24) is 0 Å². The maximum absolute atomic E-state index is 12.9. The van der Waals surface area contributed by atoms with Crippen molar-refractivity contribution in [3.63, 3.8) is 0 Å². The summed E-state index contributed by atoms with van der Waals surface area (Å²) in [5.74, 6) is -0.299. The summed E-state index contributed by atoms with van der Waals surface area (Å²) in [5.41, 5.74) is 1.77. The average Bonchev–Trinajstić information content (AvgIpc) is 2.68. The number of carbonyl (C=O) groups excluding carboxylic acids is 1. The van der Waals surface area contributed by atoms with Crippen LogP contribution < -0.4 is 0 Å². The van der Waals surface area contributed by atoms with E-state index in [9.17, 15) is 17.6 Å². The van der Waals surface area contributed by atoms with Crippen LogP contribution in [0, 0.1) is 5.82 Å². The number of hydrogen-bond acceptors (Lipinski definition) is 3. The van der Waals surface area contributed by atoms with E-state index in [4.69, 9.17) is 0 Å². The summed E-state index contributed by atoms with van der Waals surface area (Å²) < 4.78 is 38.3. The molecule has 0 heterocycles. The Morgan fingerprint density at radius 1 is 0.731 bits per heavy atom. The summed E-state index contributed by atoms with van der Waals surface area (Å²) in [4.78, 5) is 11.2. The van der Waals surface area contributed by atoms with Crippen LogP contribution in [0.1, 0.15) is 21.5 Å². The molecule has 0 bridgehead atoms. The van der Waals surface area contributed by atoms with Gasteiger partial charge in [-0.1, -0.05) is 54.6 Å². The molecular formula is C21H15FO3S. The van der Waals surface area contributed by atoms with Crippen LogP contribution in [0.25, 0.3) is 12.2 Å². The Morgan fingerprint density at radius 3 is 1.85 bits per heavy atom. The minimum absolute atomic E-state index is 0.00963. The maximum atomic E-state index is 12.9. The molecule has 0 saturated heterocycles. The van der Waals surface area contributed by atoms with Crippen molar-refractivity contribution in [3.8, 4) is 0 Å². The molecule has 0 aromatic heterocycles. The zero-order valence-electron chi connectivity index (χ0n) is 13.7. The molecule has 0 radical (unpaired) electrons. The Balaban J connectivity index is 1.87. The van der Waals surface area contributed by atoms with Crippen LogP contribution >= 0.6 is 0 Å². The third-order valence-electron chi connectivity index (χ3n) is 3.86. The molecule has 0 N–H and O–H groups in total. The molecule has 3 rings (SSSR count). The van der Waals surface area contributed by atoms with Crippen LogP contribution in [0.4, 0.5) is 4.39 Å². The normalized spacial score (nSPS) is 11.6. The van der Waals surface area contributed by atoms with E-state index < -0.39 is 9.84 Å². The molecule has 5 heteroatoms. The first-order valence-corrected chi connectivity index (χ1v) is 9.32. The molecule has 130 valence electrons. The van der Waals surface area contributed by atoms with Crippen molar-refractivity contribution in [1.29, 1.82) is 0 Å². The number of benzene rings is 3. The fourth-order valence-corrected chi connectivity index (χ4v) is 3.91. The first-order chi connectivity index (χ1) is 12.5. The maximum Gasteiger partial charge on any atom is 0.207 e. The summed E-state index contributed by atoms with van der Waals surface area (Å²) in [5, 5.41) is 0. The Bertz CT molecular complexity index is 1050. The molecule has 0 saturated carbocycles. The highest BCUT2D eigenvalue weighted by Gasteiger charge is 2.20. The van der Waals surface area contributed by atoms with Gasteiger partial charge in [-0.2, -0.15) is 0 Å². The van der Waals surface area contributed by atoms with Crippen LogP contribution in [0.5, 0.6) is 0 Å². The van der Waals surface area contributed by atoms with Gasteiger partial charge >= 0.3 is 0 Å². The first-order valence-electron chi connectivity index (χ1n) is 7.84. The summed E-state index contributed by atoms with van der Waals surface area (Å²) >= 11 is 0. The molecule has 0 atom stereocenters. The molecular weight excluding hydrogens is 351 g/mol. The minimum atomic E-state index is -3.77. The highest BCUT2D eigenvalue weighted by Crippen LogP contribution is 2.24. The predicted octanol–water partition coefficient (Wildman–Crippen LogP) is 4.64. The number of halogens is 1. The lowest BCUT2D eigenvalue weighted by Gasteiger charge is -2.07. The van der Waals surface area contributed by atoms with E-state index in [0.29, 0.717) is 6.29 Å². The molecule has 3 nitrogen and oxygen atoms in total. The van der Waals surface area contributed by atoms with Crippen molar-refractivity contribution in [2.24, 2.45) is 0 Å². The van der Waals surface area contributed by atoms with Crippen molar-refractivity contribution in [3.05, 3.63) is 95.3 Å². The zero-order chi connectivity index (χ0) is 18.6. The lowest BCUT2D eigenvalue weighted by Crippen LogP contribution is -2.05. The number of sulfone groups is 1. The topological polar surface area (TPSA) is 51.2 Å². The molecule has 3 aromatic carbocycles. The number of rotatable bonds is 5. The van der Waals surface area contributed by atoms with Gasteiger partial charge in [0.15, 0.2) is 6.29 Å². The van der Waals surface area contributed by atoms with Crippen LogP contribution in [-0.4, -0.2) is 14.7 Å². The van der Waals surface area contributed by atoms with E-state index in [2.05, 4.69) is 0 Å². The summed E-state index contributed by atoms with van der Waals surface area (Å²) in [7, 11) is -3.77. The van der Waals surface area contributed by atoms with Gasteiger partial charge in [0.2, 0.25) is 9.84 Å². The van der Waals surface area contributed by atoms with Crippen LogP contribution in [-0.2, 0) is 9.84 Å². The lowest BCUT2D eigenvalue weighted by molar-refractivity contribution is 0.112. The minimum Gasteiger partial charge on any atom is -0.298 e. The van der Waals surface area contributed by atoms with Gasteiger partial charge in [-0.3, -0.25) is 4.79 Å². The molecule has 0 aliphatic rings. The van der Waals surface area contributed by atoms with Gasteiger partial charge in [-0.05, 0) is 41.5 Å². The Labute approximate surface area is 151 Å². The quantitative estimate of drug-likeness (QED) is 0.488. The fourth-order valence-electron chi connectivity index (χ4n) is 2.47. The molecule has 0 amide bonds. The molecule has 3 aromatic rings. The second-order valence-corrected chi connectivity index (χ2v) is 7.53. The van der Waals surface area contributed by atoms with E-state index in [0.717, 1.165) is 11.1 Å². The van der Waals surface area contributed by atoms with Gasteiger partial charge in [0.1, 0.15) is 5.82 Å². The Morgan fingerprint density at radius 2 is 1.27 bits per heavy atom. The average molecular weight is 366 g/mol. The van der Waals surface area contributed by atoms with E-state index in [1.165, 1.54) is 36.4 Å². The zero-order valence-corrected chi connectivity index (χ0v) is 14.5. The van der Waals surface area contributed by atoms with Crippen molar-refractivity contribution >= 4 is 28.3 Å². The van der Waals surface area contributed by atoms with Crippen LogP contribution in [0.15, 0.2) is 82.6 Å². The summed E-state index contributed by atoms with van der Waals surface area (Å²) in [6.07, 6.45) is 4.15. The summed E-state index contributed by atoms with van der Waals surface area (Å²) in [6.45, 7) is 0. The van der Waals surface area contributed by atoms with Gasteiger partial charge in [-0.15, -0.1) is 0 Å².